The highest BCUT2D eigenvalue weighted by atomic mass is 16.2. The van der Waals surface area contributed by atoms with Crippen LogP contribution in [0.3, 0.4) is 0 Å². The fourth-order valence-corrected chi connectivity index (χ4v) is 3.07. The SMILES string of the molecule is Cn1c(CN2CCC[C@H]2Cn2cccn2)cc(=O)n(C)c1=O. The molecule has 0 amide bonds. The predicted molar refractivity (Wildman–Crippen MR) is 82.6 cm³/mol. The Morgan fingerprint density at radius 2 is 2.09 bits per heavy atom. The summed E-state index contributed by atoms with van der Waals surface area (Å²) in [6.45, 7) is 2.44. The van der Waals surface area contributed by atoms with Crippen molar-refractivity contribution in [2.45, 2.75) is 32.0 Å². The Hall–Kier alpha value is -2.15. The van der Waals surface area contributed by atoms with Gasteiger partial charge in [-0.2, -0.15) is 5.10 Å². The van der Waals surface area contributed by atoms with Gasteiger partial charge in [0, 0.05) is 50.8 Å². The molecule has 2 aromatic rings. The van der Waals surface area contributed by atoms with E-state index in [-0.39, 0.29) is 11.2 Å². The van der Waals surface area contributed by atoms with Crippen LogP contribution in [-0.2, 0) is 27.2 Å². The van der Waals surface area contributed by atoms with Crippen LogP contribution in [0.2, 0.25) is 0 Å². The first-order chi connectivity index (χ1) is 10.6. The van der Waals surface area contributed by atoms with Gasteiger partial charge in [0.05, 0.1) is 6.54 Å². The molecule has 1 fully saturated rings. The van der Waals surface area contributed by atoms with E-state index in [1.807, 2.05) is 16.9 Å². The van der Waals surface area contributed by atoms with E-state index in [4.69, 9.17) is 0 Å². The van der Waals surface area contributed by atoms with Gasteiger partial charge in [-0.25, -0.2) is 4.79 Å². The number of nitrogens with zero attached hydrogens (tertiary/aromatic N) is 5. The molecule has 7 nitrogen and oxygen atoms in total. The smallest absolute Gasteiger partial charge is 0.299 e. The van der Waals surface area contributed by atoms with Crippen molar-refractivity contribution in [3.05, 3.63) is 51.1 Å². The Balaban J connectivity index is 1.80. The minimum Gasteiger partial charge on any atom is -0.299 e. The van der Waals surface area contributed by atoms with E-state index >= 15 is 0 Å². The van der Waals surface area contributed by atoms with E-state index in [0.717, 1.165) is 36.2 Å². The third-order valence-electron chi connectivity index (χ3n) is 4.45. The molecular weight excluding hydrogens is 282 g/mol. The molecule has 0 N–H and O–H groups in total. The molecule has 0 aliphatic carbocycles. The summed E-state index contributed by atoms with van der Waals surface area (Å²) in [5.74, 6) is 0. The molecule has 118 valence electrons. The van der Waals surface area contributed by atoms with Crippen LogP contribution in [0.15, 0.2) is 34.1 Å². The highest BCUT2D eigenvalue weighted by Gasteiger charge is 2.25. The minimum atomic E-state index is -0.273. The van der Waals surface area contributed by atoms with E-state index in [0.29, 0.717) is 12.6 Å². The van der Waals surface area contributed by atoms with Crippen molar-refractivity contribution in [2.75, 3.05) is 6.54 Å². The van der Waals surface area contributed by atoms with Crippen LogP contribution >= 0.6 is 0 Å². The molecule has 1 saturated heterocycles. The number of aromatic nitrogens is 4. The summed E-state index contributed by atoms with van der Waals surface area (Å²) >= 11 is 0. The Morgan fingerprint density at radius 1 is 1.27 bits per heavy atom. The first kappa shape index (κ1) is 14.8. The van der Waals surface area contributed by atoms with E-state index in [2.05, 4.69) is 10.00 Å². The van der Waals surface area contributed by atoms with Crippen LogP contribution in [0.4, 0.5) is 0 Å². The zero-order valence-corrected chi connectivity index (χ0v) is 13.0. The summed E-state index contributed by atoms with van der Waals surface area (Å²) in [5.41, 5.74) is 0.242. The summed E-state index contributed by atoms with van der Waals surface area (Å²) in [6, 6.07) is 3.87. The molecule has 0 saturated carbocycles. The molecule has 0 aromatic carbocycles. The number of hydrogen-bond acceptors (Lipinski definition) is 4. The van der Waals surface area contributed by atoms with Crippen molar-refractivity contribution in [2.24, 2.45) is 14.1 Å². The van der Waals surface area contributed by atoms with E-state index in [1.165, 1.54) is 7.05 Å². The van der Waals surface area contributed by atoms with Crippen molar-refractivity contribution >= 4 is 0 Å². The van der Waals surface area contributed by atoms with Crippen molar-refractivity contribution in [3.63, 3.8) is 0 Å². The van der Waals surface area contributed by atoms with Gasteiger partial charge in [0.1, 0.15) is 0 Å². The summed E-state index contributed by atoms with van der Waals surface area (Å²) in [5, 5.41) is 4.26. The average Bonchev–Trinajstić information content (AvgIpc) is 3.15. The Bertz CT molecular complexity index is 759. The maximum absolute atomic E-state index is 12.0. The van der Waals surface area contributed by atoms with Gasteiger partial charge in [-0.3, -0.25) is 23.5 Å². The highest BCUT2D eigenvalue weighted by Crippen LogP contribution is 2.20. The third kappa shape index (κ3) is 2.76. The number of rotatable bonds is 4. The molecule has 0 spiro atoms. The lowest BCUT2D eigenvalue weighted by atomic mass is 10.2. The van der Waals surface area contributed by atoms with Gasteiger partial charge in [0.25, 0.3) is 5.56 Å². The second kappa shape index (κ2) is 5.92. The first-order valence-corrected chi connectivity index (χ1v) is 7.53. The van der Waals surface area contributed by atoms with Crippen molar-refractivity contribution < 1.29 is 0 Å². The molecule has 1 aliphatic rings. The second-order valence-corrected chi connectivity index (χ2v) is 5.87. The zero-order valence-electron chi connectivity index (χ0n) is 13.0. The van der Waals surface area contributed by atoms with Crippen LogP contribution in [-0.4, -0.2) is 36.4 Å². The molecule has 3 heterocycles. The van der Waals surface area contributed by atoms with E-state index in [9.17, 15) is 9.59 Å². The van der Waals surface area contributed by atoms with Crippen molar-refractivity contribution in [1.82, 2.24) is 23.8 Å². The lowest BCUT2D eigenvalue weighted by Crippen LogP contribution is -2.40. The van der Waals surface area contributed by atoms with Crippen LogP contribution in [0, 0.1) is 0 Å². The monoisotopic (exact) mass is 303 g/mol. The topological polar surface area (TPSA) is 65.1 Å². The van der Waals surface area contributed by atoms with Gasteiger partial charge in [-0.1, -0.05) is 0 Å². The van der Waals surface area contributed by atoms with Gasteiger partial charge >= 0.3 is 5.69 Å². The zero-order chi connectivity index (χ0) is 15.7. The molecule has 0 bridgehead atoms. The first-order valence-electron chi connectivity index (χ1n) is 7.53. The van der Waals surface area contributed by atoms with E-state index in [1.54, 1.807) is 23.9 Å². The number of hydrogen-bond donors (Lipinski definition) is 0. The molecule has 22 heavy (non-hydrogen) atoms. The second-order valence-electron chi connectivity index (χ2n) is 5.87. The Morgan fingerprint density at radius 3 is 2.82 bits per heavy atom. The molecule has 7 heteroatoms. The van der Waals surface area contributed by atoms with Gasteiger partial charge in [-0.15, -0.1) is 0 Å². The normalized spacial score (nSPS) is 18.9. The highest BCUT2D eigenvalue weighted by molar-refractivity contribution is 5.03. The maximum atomic E-state index is 12.0. The van der Waals surface area contributed by atoms with Gasteiger partial charge in [0.15, 0.2) is 0 Å². The quantitative estimate of drug-likeness (QED) is 0.794. The van der Waals surface area contributed by atoms with Crippen LogP contribution in [0.25, 0.3) is 0 Å². The summed E-state index contributed by atoms with van der Waals surface area (Å²) < 4.78 is 4.63. The molecule has 3 rings (SSSR count). The van der Waals surface area contributed by atoms with Crippen LogP contribution in [0.5, 0.6) is 0 Å². The third-order valence-corrected chi connectivity index (χ3v) is 4.45. The lowest BCUT2D eigenvalue weighted by molar-refractivity contribution is 0.213. The molecule has 2 aromatic heterocycles. The molecular formula is C15H21N5O2. The van der Waals surface area contributed by atoms with Gasteiger partial charge in [0.2, 0.25) is 0 Å². The van der Waals surface area contributed by atoms with Crippen molar-refractivity contribution in [1.29, 1.82) is 0 Å². The molecule has 0 radical (unpaired) electrons. The molecule has 0 unspecified atom stereocenters. The van der Waals surface area contributed by atoms with E-state index < -0.39 is 0 Å². The summed E-state index contributed by atoms with van der Waals surface area (Å²) in [4.78, 5) is 26.2. The molecule has 1 atom stereocenters. The predicted octanol–water partition coefficient (Wildman–Crippen LogP) is -0.0549. The standard InChI is InChI=1S/C15H21N5O2/c1-17-13(9-14(21)18(2)15(17)22)10-19-7-3-5-12(19)11-20-8-4-6-16-20/h4,6,8-9,12H,3,5,7,10-11H2,1-2H3/t12-/m0/s1. The summed E-state index contributed by atoms with van der Waals surface area (Å²) in [7, 11) is 3.22. The molecule has 1 aliphatic heterocycles. The Labute approximate surface area is 128 Å². The van der Waals surface area contributed by atoms with Crippen LogP contribution < -0.4 is 11.2 Å². The van der Waals surface area contributed by atoms with Crippen LogP contribution in [0.1, 0.15) is 18.5 Å². The average molecular weight is 303 g/mol. The lowest BCUT2D eigenvalue weighted by Gasteiger charge is -2.25. The maximum Gasteiger partial charge on any atom is 0.330 e. The fourth-order valence-electron chi connectivity index (χ4n) is 3.07. The summed E-state index contributed by atoms with van der Waals surface area (Å²) in [6.07, 6.45) is 5.98. The van der Waals surface area contributed by atoms with Gasteiger partial charge < -0.3 is 0 Å². The number of likely N-dealkylation sites (tertiary alicyclic amines) is 1. The Kier molecular flexibility index (Phi) is 3.98. The minimum absolute atomic E-state index is 0.249. The van der Waals surface area contributed by atoms with Gasteiger partial charge in [-0.05, 0) is 25.5 Å². The fraction of sp³-hybridized carbons (Fsp3) is 0.533. The largest absolute Gasteiger partial charge is 0.330 e. The van der Waals surface area contributed by atoms with Crippen molar-refractivity contribution in [3.8, 4) is 0 Å².